The van der Waals surface area contributed by atoms with Crippen LogP contribution in [0.5, 0.6) is 0 Å². The van der Waals surface area contributed by atoms with E-state index in [1.54, 1.807) is 0 Å². The Morgan fingerprint density at radius 1 is 1.10 bits per heavy atom. The van der Waals surface area contributed by atoms with E-state index < -0.39 is 5.79 Å². The minimum atomic E-state index is -0.497. The molecular weight excluding hydrogens is 264 g/mol. The quantitative estimate of drug-likeness (QED) is 0.837. The molecule has 2 aromatic rings. The van der Waals surface area contributed by atoms with Crippen LogP contribution in [0.2, 0.25) is 0 Å². The molecule has 0 aliphatic carbocycles. The highest BCUT2D eigenvalue weighted by Gasteiger charge is 2.37. The molecule has 1 atom stereocenters. The summed E-state index contributed by atoms with van der Waals surface area (Å²) in [6.07, 6.45) is 0. The Bertz CT molecular complexity index is 602. The van der Waals surface area contributed by atoms with Crippen molar-refractivity contribution in [2.24, 2.45) is 5.92 Å². The Morgan fingerprint density at radius 3 is 2.57 bits per heavy atom. The molecule has 0 amide bonds. The van der Waals surface area contributed by atoms with Crippen LogP contribution in [0.25, 0.3) is 10.8 Å². The number of rotatable bonds is 5. The number of hydrogen-bond donors (Lipinski definition) is 0. The molecule has 1 aliphatic heterocycles. The maximum absolute atomic E-state index is 5.85. The molecule has 0 aromatic heterocycles. The molecule has 0 spiro atoms. The SMILES string of the molecule is CC(COCc1ccc2ccccc2c1)C1(C)OCCO1. The van der Waals surface area contributed by atoms with Gasteiger partial charge in [0.1, 0.15) is 0 Å². The van der Waals surface area contributed by atoms with Crippen LogP contribution in [-0.2, 0) is 20.8 Å². The van der Waals surface area contributed by atoms with Crippen molar-refractivity contribution in [1.82, 2.24) is 0 Å². The van der Waals surface area contributed by atoms with E-state index in [0.717, 1.165) is 0 Å². The molecule has 112 valence electrons. The molecule has 0 N–H and O–H groups in total. The fourth-order valence-corrected chi connectivity index (χ4v) is 2.65. The van der Waals surface area contributed by atoms with Gasteiger partial charge in [0.2, 0.25) is 0 Å². The van der Waals surface area contributed by atoms with Crippen LogP contribution in [0.1, 0.15) is 19.4 Å². The molecule has 1 heterocycles. The van der Waals surface area contributed by atoms with Crippen molar-refractivity contribution in [3.63, 3.8) is 0 Å². The summed E-state index contributed by atoms with van der Waals surface area (Å²) in [7, 11) is 0. The molecule has 3 rings (SSSR count). The predicted octanol–water partition coefficient (Wildman–Crippen LogP) is 3.76. The first kappa shape index (κ1) is 14.5. The van der Waals surface area contributed by atoms with Crippen LogP contribution in [0.15, 0.2) is 42.5 Å². The lowest BCUT2D eigenvalue weighted by molar-refractivity contribution is -0.189. The van der Waals surface area contributed by atoms with Gasteiger partial charge >= 0.3 is 0 Å². The van der Waals surface area contributed by atoms with E-state index in [4.69, 9.17) is 14.2 Å². The zero-order valence-electron chi connectivity index (χ0n) is 12.7. The predicted molar refractivity (Wildman–Crippen MR) is 83.1 cm³/mol. The Hall–Kier alpha value is -1.42. The second-order valence-electron chi connectivity index (χ2n) is 5.81. The first-order valence-electron chi connectivity index (χ1n) is 7.51. The zero-order valence-corrected chi connectivity index (χ0v) is 12.7. The molecule has 1 fully saturated rings. The standard InChI is InChI=1S/C18H22O3/c1-14(18(2)20-9-10-21-18)12-19-13-15-7-8-16-5-3-4-6-17(16)11-15/h3-8,11,14H,9-10,12-13H2,1-2H3. The van der Waals surface area contributed by atoms with Crippen molar-refractivity contribution in [2.75, 3.05) is 19.8 Å². The Morgan fingerprint density at radius 2 is 1.81 bits per heavy atom. The van der Waals surface area contributed by atoms with E-state index in [2.05, 4.69) is 49.4 Å². The molecule has 3 nitrogen and oxygen atoms in total. The summed E-state index contributed by atoms with van der Waals surface area (Å²) in [6, 6.07) is 14.8. The first-order valence-corrected chi connectivity index (χ1v) is 7.51. The number of fused-ring (bicyclic) bond motifs is 1. The lowest BCUT2D eigenvalue weighted by Crippen LogP contribution is -2.36. The van der Waals surface area contributed by atoms with Gasteiger partial charge in [0, 0.05) is 5.92 Å². The third-order valence-corrected chi connectivity index (χ3v) is 4.21. The van der Waals surface area contributed by atoms with Crippen LogP contribution in [0, 0.1) is 5.92 Å². The van der Waals surface area contributed by atoms with E-state index in [0.29, 0.717) is 26.4 Å². The van der Waals surface area contributed by atoms with Crippen LogP contribution in [0.4, 0.5) is 0 Å². The summed E-state index contributed by atoms with van der Waals surface area (Å²) < 4.78 is 17.2. The average Bonchev–Trinajstić information content (AvgIpc) is 2.95. The van der Waals surface area contributed by atoms with Crippen molar-refractivity contribution in [1.29, 1.82) is 0 Å². The van der Waals surface area contributed by atoms with Gasteiger partial charge in [-0.25, -0.2) is 0 Å². The van der Waals surface area contributed by atoms with Gasteiger partial charge in [-0.3, -0.25) is 0 Å². The number of hydrogen-bond acceptors (Lipinski definition) is 3. The van der Waals surface area contributed by atoms with Gasteiger partial charge in [-0.2, -0.15) is 0 Å². The zero-order chi connectivity index (χ0) is 14.7. The molecular formula is C18H22O3. The second-order valence-corrected chi connectivity index (χ2v) is 5.81. The molecule has 21 heavy (non-hydrogen) atoms. The lowest BCUT2D eigenvalue weighted by atomic mass is 10.0. The molecule has 3 heteroatoms. The normalized spacial score (nSPS) is 19.0. The Labute approximate surface area is 125 Å². The molecule has 0 bridgehead atoms. The summed E-state index contributed by atoms with van der Waals surface area (Å²) in [4.78, 5) is 0. The highest BCUT2D eigenvalue weighted by atomic mass is 16.7. The summed E-state index contributed by atoms with van der Waals surface area (Å²) >= 11 is 0. The minimum Gasteiger partial charge on any atom is -0.376 e. The van der Waals surface area contributed by atoms with E-state index >= 15 is 0 Å². The van der Waals surface area contributed by atoms with Gasteiger partial charge in [0.05, 0.1) is 26.4 Å². The lowest BCUT2D eigenvalue weighted by Gasteiger charge is -2.29. The van der Waals surface area contributed by atoms with E-state index in [-0.39, 0.29) is 5.92 Å². The maximum atomic E-state index is 5.85. The van der Waals surface area contributed by atoms with E-state index in [1.807, 2.05) is 6.92 Å². The van der Waals surface area contributed by atoms with Gasteiger partial charge < -0.3 is 14.2 Å². The molecule has 1 aliphatic rings. The van der Waals surface area contributed by atoms with Crippen LogP contribution < -0.4 is 0 Å². The molecule has 1 saturated heterocycles. The summed E-state index contributed by atoms with van der Waals surface area (Å²) in [5, 5.41) is 2.51. The highest BCUT2D eigenvalue weighted by Crippen LogP contribution is 2.28. The van der Waals surface area contributed by atoms with Crippen LogP contribution >= 0.6 is 0 Å². The molecule has 0 radical (unpaired) electrons. The topological polar surface area (TPSA) is 27.7 Å². The fourth-order valence-electron chi connectivity index (χ4n) is 2.65. The van der Waals surface area contributed by atoms with Gasteiger partial charge in [-0.05, 0) is 29.3 Å². The minimum absolute atomic E-state index is 0.209. The van der Waals surface area contributed by atoms with Crippen molar-refractivity contribution in [3.8, 4) is 0 Å². The van der Waals surface area contributed by atoms with Crippen molar-refractivity contribution < 1.29 is 14.2 Å². The number of ether oxygens (including phenoxy) is 3. The second kappa shape index (κ2) is 6.14. The molecule has 1 unspecified atom stereocenters. The highest BCUT2D eigenvalue weighted by molar-refractivity contribution is 5.82. The van der Waals surface area contributed by atoms with Crippen molar-refractivity contribution in [2.45, 2.75) is 26.2 Å². The van der Waals surface area contributed by atoms with E-state index in [1.165, 1.54) is 16.3 Å². The van der Waals surface area contributed by atoms with E-state index in [9.17, 15) is 0 Å². The van der Waals surface area contributed by atoms with Crippen molar-refractivity contribution >= 4 is 10.8 Å². The number of benzene rings is 2. The van der Waals surface area contributed by atoms with Gasteiger partial charge in [-0.1, -0.05) is 43.3 Å². The third-order valence-electron chi connectivity index (χ3n) is 4.21. The molecule has 2 aromatic carbocycles. The summed E-state index contributed by atoms with van der Waals surface area (Å²) in [5.74, 6) is -0.288. The summed E-state index contributed by atoms with van der Waals surface area (Å²) in [6.45, 7) is 6.68. The van der Waals surface area contributed by atoms with Crippen LogP contribution in [0.3, 0.4) is 0 Å². The molecule has 0 saturated carbocycles. The van der Waals surface area contributed by atoms with Crippen LogP contribution in [-0.4, -0.2) is 25.6 Å². The third kappa shape index (κ3) is 3.26. The maximum Gasteiger partial charge on any atom is 0.170 e. The Balaban J connectivity index is 1.56. The monoisotopic (exact) mass is 286 g/mol. The summed E-state index contributed by atoms with van der Waals surface area (Å²) in [5.41, 5.74) is 1.19. The van der Waals surface area contributed by atoms with Crippen molar-refractivity contribution in [3.05, 3.63) is 48.0 Å². The average molecular weight is 286 g/mol. The Kier molecular flexibility index (Phi) is 4.24. The van der Waals surface area contributed by atoms with Gasteiger partial charge in [-0.15, -0.1) is 0 Å². The fraction of sp³-hybridized carbons (Fsp3) is 0.444. The first-order chi connectivity index (χ1) is 10.2. The smallest absolute Gasteiger partial charge is 0.170 e. The largest absolute Gasteiger partial charge is 0.376 e. The van der Waals surface area contributed by atoms with Gasteiger partial charge in [0.15, 0.2) is 5.79 Å². The van der Waals surface area contributed by atoms with Gasteiger partial charge in [0.25, 0.3) is 0 Å².